The van der Waals surface area contributed by atoms with Crippen molar-refractivity contribution in [2.45, 2.75) is 70.2 Å². The summed E-state index contributed by atoms with van der Waals surface area (Å²) in [6.07, 6.45) is 5.89. The van der Waals surface area contributed by atoms with E-state index in [-0.39, 0.29) is 41.7 Å². The minimum absolute atomic E-state index is 0.0123. The average Bonchev–Trinajstić information content (AvgIpc) is 3.25. The number of nitrogens with one attached hydrogen (secondary N) is 1. The molecule has 178 valence electrons. The number of aromatic nitrogens is 4. The number of aliphatic hydroxyl groups is 1. The van der Waals surface area contributed by atoms with Crippen molar-refractivity contribution in [3.05, 3.63) is 47.7 Å². The maximum Gasteiger partial charge on any atom is 0.254 e. The van der Waals surface area contributed by atoms with E-state index in [2.05, 4.69) is 20.4 Å². The van der Waals surface area contributed by atoms with Gasteiger partial charge in [-0.2, -0.15) is 9.78 Å². The van der Waals surface area contributed by atoms with E-state index < -0.39 is 5.60 Å². The van der Waals surface area contributed by atoms with Crippen molar-refractivity contribution < 1.29 is 19.1 Å². The highest BCUT2D eigenvalue weighted by Crippen LogP contribution is 2.37. The molecule has 2 bridgehead atoms. The largest absolute Gasteiger partial charge is 0.381 e. The topological polar surface area (TPSA) is 113 Å². The summed E-state index contributed by atoms with van der Waals surface area (Å²) < 4.78 is 15.2. The van der Waals surface area contributed by atoms with Crippen molar-refractivity contribution >= 4 is 22.7 Å². The third-order valence-corrected chi connectivity index (χ3v) is 6.74. The number of rotatable bonds is 4. The van der Waals surface area contributed by atoms with Crippen LogP contribution in [-0.2, 0) is 4.79 Å². The summed E-state index contributed by atoms with van der Waals surface area (Å²) in [5, 5.41) is 18.4. The summed E-state index contributed by atoms with van der Waals surface area (Å²) in [5.74, 6) is -0.675. The summed E-state index contributed by atoms with van der Waals surface area (Å²) in [7, 11) is 0. The fourth-order valence-electron chi connectivity index (χ4n) is 5.16. The zero-order valence-electron chi connectivity index (χ0n) is 19.3. The van der Waals surface area contributed by atoms with Gasteiger partial charge < -0.3 is 15.3 Å². The second-order valence-corrected chi connectivity index (χ2v) is 9.73. The molecule has 9 nitrogen and oxygen atoms in total. The Hall–Kier alpha value is -3.40. The smallest absolute Gasteiger partial charge is 0.254 e. The van der Waals surface area contributed by atoms with Crippen LogP contribution in [0.3, 0.4) is 0 Å². The molecule has 0 saturated carbocycles. The zero-order chi connectivity index (χ0) is 24.2. The number of fused-ring (bicyclic) bond motifs is 3. The minimum atomic E-state index is -1.40. The van der Waals surface area contributed by atoms with Gasteiger partial charge in [0.05, 0.1) is 16.8 Å². The van der Waals surface area contributed by atoms with E-state index in [0.29, 0.717) is 23.9 Å². The Morgan fingerprint density at radius 1 is 1.15 bits per heavy atom. The molecule has 2 N–H and O–H groups in total. The van der Waals surface area contributed by atoms with E-state index >= 15 is 0 Å². The lowest BCUT2D eigenvalue weighted by molar-refractivity contribution is -0.152. The van der Waals surface area contributed by atoms with Crippen LogP contribution in [0, 0.1) is 12.7 Å². The molecule has 2 fully saturated rings. The lowest BCUT2D eigenvalue weighted by Gasteiger charge is -2.41. The van der Waals surface area contributed by atoms with Crippen LogP contribution in [0.2, 0.25) is 0 Å². The predicted molar refractivity (Wildman–Crippen MR) is 122 cm³/mol. The molecule has 2 saturated heterocycles. The molecule has 4 heterocycles. The van der Waals surface area contributed by atoms with Crippen LogP contribution < -0.4 is 5.32 Å². The molecule has 10 heteroatoms. The van der Waals surface area contributed by atoms with E-state index in [1.54, 1.807) is 11.0 Å². The molecule has 0 radical (unpaired) electrons. The molecule has 2 aromatic heterocycles. The van der Waals surface area contributed by atoms with Gasteiger partial charge >= 0.3 is 0 Å². The molecule has 0 spiro atoms. The summed E-state index contributed by atoms with van der Waals surface area (Å²) in [6, 6.07) is 4.38. The Labute approximate surface area is 196 Å². The van der Waals surface area contributed by atoms with Gasteiger partial charge in [0.25, 0.3) is 17.8 Å². The van der Waals surface area contributed by atoms with E-state index in [1.165, 1.54) is 43.1 Å². The number of hydrogen-bond donors (Lipinski definition) is 2. The van der Waals surface area contributed by atoms with E-state index in [9.17, 15) is 19.1 Å². The fourth-order valence-corrected chi connectivity index (χ4v) is 5.16. The highest BCUT2D eigenvalue weighted by atomic mass is 19.1. The molecular formula is C24H27FN6O3. The Balaban J connectivity index is 1.28. The van der Waals surface area contributed by atoms with Gasteiger partial charge in [0, 0.05) is 42.0 Å². The van der Waals surface area contributed by atoms with Gasteiger partial charge in [-0.15, -0.1) is 0 Å². The van der Waals surface area contributed by atoms with Gasteiger partial charge in [-0.25, -0.2) is 14.4 Å². The Morgan fingerprint density at radius 3 is 2.41 bits per heavy atom. The number of halogens is 1. The maximum absolute atomic E-state index is 13.8. The third kappa shape index (κ3) is 3.91. The molecular weight excluding hydrogens is 439 g/mol. The van der Waals surface area contributed by atoms with Crippen molar-refractivity contribution in [1.82, 2.24) is 30.0 Å². The number of hydrogen-bond acceptors (Lipinski definition) is 6. The quantitative estimate of drug-likeness (QED) is 0.610. The second kappa shape index (κ2) is 8.12. The molecule has 5 rings (SSSR count). The first kappa shape index (κ1) is 22.4. The van der Waals surface area contributed by atoms with E-state index in [0.717, 1.165) is 23.9 Å². The number of benzene rings is 1. The molecule has 2 aliphatic heterocycles. The minimum Gasteiger partial charge on any atom is -0.381 e. The van der Waals surface area contributed by atoms with Gasteiger partial charge in [-0.3, -0.25) is 9.59 Å². The third-order valence-electron chi connectivity index (χ3n) is 6.74. The molecule has 2 aliphatic rings. The molecule has 1 aromatic carbocycles. The van der Waals surface area contributed by atoms with Gasteiger partial charge in [0.2, 0.25) is 0 Å². The highest BCUT2D eigenvalue weighted by Gasteiger charge is 2.46. The summed E-state index contributed by atoms with van der Waals surface area (Å²) in [6.45, 7) is 4.85. The van der Waals surface area contributed by atoms with Gasteiger partial charge in [-0.05, 0) is 58.6 Å². The number of nitrogens with zero attached hydrogens (tertiary/aromatic N) is 5. The fraction of sp³-hybridized carbons (Fsp3) is 0.458. The van der Waals surface area contributed by atoms with Crippen LogP contribution >= 0.6 is 0 Å². The molecule has 0 unspecified atom stereocenters. The van der Waals surface area contributed by atoms with Crippen molar-refractivity contribution in [2.24, 2.45) is 0 Å². The van der Waals surface area contributed by atoms with Crippen molar-refractivity contribution in [2.75, 3.05) is 0 Å². The lowest BCUT2D eigenvalue weighted by Crippen LogP contribution is -2.56. The maximum atomic E-state index is 13.8. The molecule has 2 amide bonds. The molecule has 2 atom stereocenters. The van der Waals surface area contributed by atoms with Crippen LogP contribution in [0.1, 0.15) is 55.6 Å². The average molecular weight is 467 g/mol. The van der Waals surface area contributed by atoms with Crippen LogP contribution in [0.15, 0.2) is 30.6 Å². The van der Waals surface area contributed by atoms with Crippen LogP contribution in [0.5, 0.6) is 0 Å². The first-order valence-corrected chi connectivity index (χ1v) is 11.4. The SMILES string of the molecule is Cc1nn(-c2ncc(C(=O)NC3C[C@@H]4CC[C@@H](C3)N4C(=O)C(C)(C)O)cn2)c2cc(F)ccc12. The summed E-state index contributed by atoms with van der Waals surface area (Å²) in [5.41, 5.74) is 0.188. The van der Waals surface area contributed by atoms with Crippen molar-refractivity contribution in [3.8, 4) is 5.95 Å². The highest BCUT2D eigenvalue weighted by molar-refractivity contribution is 5.94. The lowest BCUT2D eigenvalue weighted by atomic mass is 9.94. The van der Waals surface area contributed by atoms with E-state index in [4.69, 9.17) is 0 Å². The number of piperidine rings is 1. The van der Waals surface area contributed by atoms with Gasteiger partial charge in [0.1, 0.15) is 11.4 Å². The first-order chi connectivity index (χ1) is 16.1. The molecule has 0 aliphatic carbocycles. The molecule has 3 aromatic rings. The summed E-state index contributed by atoms with van der Waals surface area (Å²) in [4.78, 5) is 35.9. The predicted octanol–water partition coefficient (Wildman–Crippen LogP) is 2.29. The Kier molecular flexibility index (Phi) is 5.35. The zero-order valence-corrected chi connectivity index (χ0v) is 19.3. The second-order valence-electron chi connectivity index (χ2n) is 9.73. The Bertz CT molecular complexity index is 1250. The summed E-state index contributed by atoms with van der Waals surface area (Å²) >= 11 is 0. The standard InChI is InChI=1S/C24H27FN6O3/c1-13-19-7-4-15(25)8-20(19)31(29-13)23-26-11-14(12-27-23)21(32)28-16-9-17-5-6-18(10-16)30(17)22(33)24(2,3)34/h4,7-8,11-12,16-18,34H,5-6,9-10H2,1-3H3,(H,28,32)/t17-,18-/m0/s1. The Morgan fingerprint density at radius 2 is 1.79 bits per heavy atom. The van der Waals surface area contributed by atoms with Crippen molar-refractivity contribution in [1.29, 1.82) is 0 Å². The first-order valence-electron chi connectivity index (χ1n) is 11.4. The van der Waals surface area contributed by atoms with Crippen molar-refractivity contribution in [3.63, 3.8) is 0 Å². The number of aryl methyl sites for hydroxylation is 1. The van der Waals surface area contributed by atoms with E-state index in [1.807, 2.05) is 6.92 Å². The van der Waals surface area contributed by atoms with Gasteiger partial charge in [-0.1, -0.05) is 0 Å². The molecule has 34 heavy (non-hydrogen) atoms. The number of carbonyl (C=O) groups excluding carboxylic acids is 2. The monoisotopic (exact) mass is 466 g/mol. The van der Waals surface area contributed by atoms with Crippen LogP contribution in [-0.4, -0.2) is 65.3 Å². The van der Waals surface area contributed by atoms with Crippen LogP contribution in [0.25, 0.3) is 16.9 Å². The van der Waals surface area contributed by atoms with Crippen LogP contribution in [0.4, 0.5) is 4.39 Å². The normalized spacial score (nSPS) is 22.3. The van der Waals surface area contributed by atoms with Gasteiger partial charge in [0.15, 0.2) is 0 Å². The number of amides is 2. The number of carbonyl (C=O) groups is 2.